The van der Waals surface area contributed by atoms with E-state index in [-0.39, 0.29) is 0 Å². The van der Waals surface area contributed by atoms with E-state index in [1.54, 1.807) is 0 Å². The van der Waals surface area contributed by atoms with E-state index >= 15 is 0 Å². The molecule has 0 aliphatic heterocycles. The van der Waals surface area contributed by atoms with Crippen molar-refractivity contribution in [3.05, 3.63) is 0 Å². The Kier molecular flexibility index (Phi) is 6.79. The van der Waals surface area contributed by atoms with Gasteiger partial charge in [-0.2, -0.15) is 13.2 Å². The minimum atomic E-state index is -4.31. The van der Waals surface area contributed by atoms with Crippen LogP contribution in [0.1, 0.15) is 51.4 Å². The number of esters is 1. The molecule has 0 heterocycles. The molecule has 6 heteroatoms. The quantitative estimate of drug-likeness (QED) is 0.764. The van der Waals surface area contributed by atoms with Gasteiger partial charge in [-0.25, -0.2) is 0 Å². The van der Waals surface area contributed by atoms with Crippen LogP contribution in [0.4, 0.5) is 13.2 Å². The lowest BCUT2D eigenvalue weighted by molar-refractivity contribution is -0.156. The minimum absolute atomic E-state index is 0.299. The average molecular weight is 296 g/mol. The molecular formula is C14H23F3O3. The maximum atomic E-state index is 12.2. The first-order valence-electron chi connectivity index (χ1n) is 7.16. The van der Waals surface area contributed by atoms with Gasteiger partial charge in [0, 0.05) is 6.42 Å². The zero-order valence-corrected chi connectivity index (χ0v) is 11.8. The fourth-order valence-electron chi connectivity index (χ4n) is 2.86. The molecule has 0 aromatic rings. The highest BCUT2D eigenvalue weighted by molar-refractivity contribution is 5.72. The highest BCUT2D eigenvalue weighted by atomic mass is 19.4. The first-order chi connectivity index (χ1) is 9.33. The fourth-order valence-corrected chi connectivity index (χ4v) is 2.86. The lowest BCUT2D eigenvalue weighted by atomic mass is 9.80. The summed E-state index contributed by atoms with van der Waals surface area (Å²) < 4.78 is 41.2. The molecule has 0 radical (unpaired) electrons. The Bertz CT molecular complexity index is 299. The second-order valence-electron chi connectivity index (χ2n) is 5.59. The van der Waals surface area contributed by atoms with Crippen molar-refractivity contribution >= 4 is 5.97 Å². The van der Waals surface area contributed by atoms with Crippen molar-refractivity contribution in [2.24, 2.45) is 11.8 Å². The van der Waals surface area contributed by atoms with Crippen molar-refractivity contribution in [2.45, 2.75) is 63.6 Å². The van der Waals surface area contributed by atoms with E-state index < -0.39 is 37.0 Å². The molecule has 1 aliphatic rings. The standard InChI is InChI=1S/C14H23F3O3/c1-20-13(19)11(9-10-5-3-2-4-6-10)12(18)7-8-14(15,16)17/h10-12,18H,2-9H2,1H3/t11-,12-/m1/s1. The number of rotatable bonds is 6. The Morgan fingerprint density at radius 2 is 1.90 bits per heavy atom. The predicted octanol–water partition coefficient (Wildman–Crippen LogP) is 3.45. The molecule has 20 heavy (non-hydrogen) atoms. The maximum absolute atomic E-state index is 12.2. The molecule has 0 unspecified atom stereocenters. The summed E-state index contributed by atoms with van der Waals surface area (Å²) in [4.78, 5) is 11.7. The topological polar surface area (TPSA) is 46.5 Å². The summed E-state index contributed by atoms with van der Waals surface area (Å²) >= 11 is 0. The first-order valence-corrected chi connectivity index (χ1v) is 7.16. The van der Waals surface area contributed by atoms with Gasteiger partial charge in [0.2, 0.25) is 0 Å². The predicted molar refractivity (Wildman–Crippen MR) is 68.0 cm³/mol. The van der Waals surface area contributed by atoms with E-state index in [1.165, 1.54) is 7.11 Å². The fraction of sp³-hybridized carbons (Fsp3) is 0.929. The normalized spacial score (nSPS) is 20.4. The molecule has 0 aromatic carbocycles. The second kappa shape index (κ2) is 7.86. The number of hydrogen-bond acceptors (Lipinski definition) is 3. The lowest BCUT2D eigenvalue weighted by Gasteiger charge is -2.28. The third-order valence-corrected chi connectivity index (χ3v) is 4.00. The van der Waals surface area contributed by atoms with Crippen molar-refractivity contribution in [3.63, 3.8) is 0 Å². The van der Waals surface area contributed by atoms with Crippen LogP contribution in [-0.2, 0) is 9.53 Å². The monoisotopic (exact) mass is 296 g/mol. The van der Waals surface area contributed by atoms with Crippen LogP contribution in [0.3, 0.4) is 0 Å². The molecule has 1 aliphatic carbocycles. The highest BCUT2D eigenvalue weighted by Gasteiger charge is 2.34. The second-order valence-corrected chi connectivity index (χ2v) is 5.59. The van der Waals surface area contributed by atoms with Gasteiger partial charge >= 0.3 is 12.1 Å². The number of aliphatic hydroxyl groups is 1. The van der Waals surface area contributed by atoms with Gasteiger partial charge in [0.25, 0.3) is 0 Å². The third-order valence-electron chi connectivity index (χ3n) is 4.00. The first kappa shape index (κ1) is 17.3. The average Bonchev–Trinajstić information content (AvgIpc) is 2.41. The molecule has 1 fully saturated rings. The SMILES string of the molecule is COC(=O)[C@H](CC1CCCCC1)[C@H](O)CCC(F)(F)F. The van der Waals surface area contributed by atoms with Crippen LogP contribution in [0, 0.1) is 11.8 Å². The Hall–Kier alpha value is -0.780. The van der Waals surface area contributed by atoms with E-state index in [9.17, 15) is 23.1 Å². The van der Waals surface area contributed by atoms with Gasteiger partial charge in [-0.1, -0.05) is 32.1 Å². The third kappa shape index (κ3) is 6.11. The van der Waals surface area contributed by atoms with Gasteiger partial charge in [0.1, 0.15) is 0 Å². The van der Waals surface area contributed by atoms with Crippen LogP contribution in [0.2, 0.25) is 0 Å². The molecule has 0 aromatic heterocycles. The van der Waals surface area contributed by atoms with Gasteiger partial charge in [0.15, 0.2) is 0 Å². The Balaban J connectivity index is 2.55. The molecule has 1 saturated carbocycles. The molecule has 0 saturated heterocycles. The summed E-state index contributed by atoms with van der Waals surface area (Å²) in [5, 5.41) is 9.90. The molecule has 2 atom stereocenters. The number of aliphatic hydroxyl groups excluding tert-OH is 1. The largest absolute Gasteiger partial charge is 0.469 e. The summed E-state index contributed by atoms with van der Waals surface area (Å²) in [5.41, 5.74) is 0. The van der Waals surface area contributed by atoms with Crippen molar-refractivity contribution in [1.29, 1.82) is 0 Å². The van der Waals surface area contributed by atoms with Gasteiger partial charge in [-0.05, 0) is 18.8 Å². The van der Waals surface area contributed by atoms with Crippen LogP contribution >= 0.6 is 0 Å². The Labute approximate surface area is 117 Å². The number of alkyl halides is 3. The number of hydrogen-bond donors (Lipinski definition) is 1. The van der Waals surface area contributed by atoms with Crippen LogP contribution in [0.25, 0.3) is 0 Å². The summed E-state index contributed by atoms with van der Waals surface area (Å²) in [7, 11) is 1.20. The zero-order valence-electron chi connectivity index (χ0n) is 11.8. The van der Waals surface area contributed by atoms with Crippen molar-refractivity contribution in [3.8, 4) is 0 Å². The lowest BCUT2D eigenvalue weighted by Crippen LogP contribution is -2.32. The number of carbonyl (C=O) groups is 1. The summed E-state index contributed by atoms with van der Waals surface area (Å²) in [5.74, 6) is -1.15. The molecular weight excluding hydrogens is 273 g/mol. The van der Waals surface area contributed by atoms with Crippen LogP contribution in [0.15, 0.2) is 0 Å². The van der Waals surface area contributed by atoms with Crippen LogP contribution < -0.4 is 0 Å². The maximum Gasteiger partial charge on any atom is 0.389 e. The van der Waals surface area contributed by atoms with E-state index in [2.05, 4.69) is 4.74 Å². The molecule has 0 amide bonds. The van der Waals surface area contributed by atoms with Gasteiger partial charge in [-0.15, -0.1) is 0 Å². The highest BCUT2D eigenvalue weighted by Crippen LogP contribution is 2.32. The van der Waals surface area contributed by atoms with Crippen molar-refractivity contribution in [2.75, 3.05) is 7.11 Å². The smallest absolute Gasteiger partial charge is 0.389 e. The molecule has 0 bridgehead atoms. The molecule has 118 valence electrons. The summed E-state index contributed by atoms with van der Waals surface area (Å²) in [6.45, 7) is 0. The van der Waals surface area contributed by atoms with E-state index in [4.69, 9.17) is 0 Å². The molecule has 3 nitrogen and oxygen atoms in total. The van der Waals surface area contributed by atoms with Crippen LogP contribution in [0.5, 0.6) is 0 Å². The van der Waals surface area contributed by atoms with E-state index in [0.29, 0.717) is 12.3 Å². The van der Waals surface area contributed by atoms with Crippen molar-refractivity contribution in [1.82, 2.24) is 0 Å². The number of carbonyl (C=O) groups excluding carboxylic acids is 1. The van der Waals surface area contributed by atoms with Crippen molar-refractivity contribution < 1.29 is 27.8 Å². The molecule has 1 N–H and O–H groups in total. The number of halogens is 3. The van der Waals surface area contributed by atoms with Crippen LogP contribution in [-0.4, -0.2) is 30.5 Å². The minimum Gasteiger partial charge on any atom is -0.469 e. The summed E-state index contributed by atoms with van der Waals surface area (Å²) in [6.07, 6.45) is -1.44. The zero-order chi connectivity index (χ0) is 15.2. The Morgan fingerprint density at radius 3 is 2.40 bits per heavy atom. The van der Waals surface area contributed by atoms with Gasteiger partial charge in [0.05, 0.1) is 19.1 Å². The summed E-state index contributed by atoms with van der Waals surface area (Å²) in [6, 6.07) is 0. The number of ether oxygens (including phenoxy) is 1. The van der Waals surface area contributed by atoms with E-state index in [0.717, 1.165) is 32.1 Å². The molecule has 0 spiro atoms. The van der Waals surface area contributed by atoms with E-state index in [1.807, 2.05) is 0 Å². The van der Waals surface area contributed by atoms with Gasteiger partial charge < -0.3 is 9.84 Å². The Morgan fingerprint density at radius 1 is 1.30 bits per heavy atom. The molecule has 1 rings (SSSR count). The number of methoxy groups -OCH3 is 1. The van der Waals surface area contributed by atoms with Gasteiger partial charge in [-0.3, -0.25) is 4.79 Å².